The average Bonchev–Trinajstić information content (AvgIpc) is 3.99. The van der Waals surface area contributed by atoms with Gasteiger partial charge in [0, 0.05) is 56.9 Å². The van der Waals surface area contributed by atoms with E-state index < -0.39 is 29.1 Å². The first-order chi connectivity index (χ1) is 26.2. The Balaban J connectivity index is 1.18. The highest BCUT2D eigenvalue weighted by molar-refractivity contribution is 6.07. The lowest BCUT2D eigenvalue weighted by Crippen LogP contribution is -2.53. The maximum atomic E-state index is 14.4. The highest BCUT2D eigenvalue weighted by atomic mass is 16.5. The molecule has 3 aromatic heterocycles. The van der Waals surface area contributed by atoms with Gasteiger partial charge < -0.3 is 34.5 Å². The van der Waals surface area contributed by atoms with E-state index in [-0.39, 0.29) is 17.7 Å². The average molecular weight is 721 g/mol. The molecule has 4 N–H and O–H groups in total. The second kappa shape index (κ2) is 11.1. The topological polar surface area (TPSA) is 147 Å². The smallest absolute Gasteiger partial charge is 0.249 e. The predicted molar refractivity (Wildman–Crippen MR) is 202 cm³/mol. The molecule has 4 atom stereocenters. The number of carbonyl (C=O) groups is 2. The number of nitrogens with zero attached hydrogens (tertiary/aromatic N) is 2. The Labute approximate surface area is 311 Å². The van der Waals surface area contributed by atoms with Crippen molar-refractivity contribution in [2.75, 3.05) is 5.32 Å². The molecule has 11 nitrogen and oxygen atoms in total. The number of ether oxygens (including phenoxy) is 1. The van der Waals surface area contributed by atoms with Crippen LogP contribution in [0.5, 0.6) is 5.75 Å². The Morgan fingerprint density at radius 2 is 1.80 bits per heavy atom. The molecule has 54 heavy (non-hydrogen) atoms. The predicted octanol–water partition coefficient (Wildman–Crippen LogP) is 7.76. The van der Waals surface area contributed by atoms with Crippen LogP contribution in [-0.2, 0) is 21.4 Å². The number of nitrogens with one attached hydrogen (secondary N) is 4. The molecule has 0 radical (unpaired) electrons. The summed E-state index contributed by atoms with van der Waals surface area (Å²) in [6.07, 6.45) is 8.13. The van der Waals surface area contributed by atoms with Crippen molar-refractivity contribution in [3.8, 4) is 39.8 Å². The molecule has 1 aliphatic carbocycles. The minimum absolute atomic E-state index is 0.0795. The lowest BCUT2D eigenvalue weighted by Gasteiger charge is -2.34. The van der Waals surface area contributed by atoms with Gasteiger partial charge in [-0.3, -0.25) is 9.59 Å². The lowest BCUT2D eigenvalue weighted by molar-refractivity contribution is -0.136. The molecule has 11 heteroatoms. The molecule has 6 aromatic rings. The number of oxazole rings is 2. The first-order valence-corrected chi connectivity index (χ1v) is 19.1. The zero-order chi connectivity index (χ0) is 36.5. The summed E-state index contributed by atoms with van der Waals surface area (Å²) in [4.78, 5) is 41.8. The molecule has 1 spiro atoms. The third-order valence-electron chi connectivity index (χ3n) is 12.6. The summed E-state index contributed by atoms with van der Waals surface area (Å²) >= 11 is 0. The van der Waals surface area contributed by atoms with Crippen LogP contribution in [0.15, 0.2) is 75.8 Å². The molecule has 7 heterocycles. The van der Waals surface area contributed by atoms with Gasteiger partial charge in [-0.05, 0) is 42.0 Å². The number of aromatic amines is 1. The van der Waals surface area contributed by atoms with E-state index in [0.29, 0.717) is 41.2 Å². The summed E-state index contributed by atoms with van der Waals surface area (Å²) in [6.45, 7) is 6.08. The summed E-state index contributed by atoms with van der Waals surface area (Å²) in [7, 11) is 0. The van der Waals surface area contributed by atoms with E-state index in [1.807, 2.05) is 39.1 Å². The summed E-state index contributed by atoms with van der Waals surface area (Å²) < 4.78 is 20.6. The van der Waals surface area contributed by atoms with Crippen LogP contribution in [0, 0.1) is 11.3 Å². The second-order valence-electron chi connectivity index (χ2n) is 16.3. The molecular formula is C43H40N6O5. The normalized spacial score (nSPS) is 24.1. The van der Waals surface area contributed by atoms with Crippen LogP contribution in [0.2, 0.25) is 0 Å². The van der Waals surface area contributed by atoms with Crippen molar-refractivity contribution in [2.45, 2.75) is 83.0 Å². The fraction of sp³-hybridized carbons (Fsp3) is 0.349. The molecule has 272 valence electrons. The molecule has 2 unspecified atom stereocenters. The number of anilines is 1. The standard InChI is InChI=1S/C43H40N6O5/c1-21(2)33-39-48-35-36(54-39)43-26-11-7-10-24(23-9-8-12-28-32(23)25(19-44-28)31-20-45-38(35)52-31)34(26)49-41(43)53-30-14-13-22(17-27(30)43)18-29(37(50)47-33)46-40(51)42(3)15-5-4-6-16-42/h7-14,17,19-21,29,33,41,44,49H,4-6,15-16,18H2,1-3H3,(H,46,51)(H,47,50)/t29-,33-,41?,43?/m0/s1. The molecule has 1 fully saturated rings. The van der Waals surface area contributed by atoms with Crippen molar-refractivity contribution in [3.63, 3.8) is 0 Å². The van der Waals surface area contributed by atoms with Crippen LogP contribution < -0.4 is 20.7 Å². The number of amides is 2. The fourth-order valence-corrected chi connectivity index (χ4v) is 9.75. The van der Waals surface area contributed by atoms with E-state index in [4.69, 9.17) is 23.5 Å². The SMILES string of the molecule is CC(C)[C@@H]1NC(=O)[C@@H](NC(=O)C2(C)CCCCC2)Cc2ccc3c(c2)C24c5cccc(c5NC2O3)-c2cccc3[nH]cc(c23)-c2cnc(o2)-c2nc1oc24. The number of rotatable bonds is 3. The van der Waals surface area contributed by atoms with Gasteiger partial charge in [0.1, 0.15) is 23.2 Å². The van der Waals surface area contributed by atoms with Crippen molar-refractivity contribution in [3.05, 3.63) is 95.3 Å². The van der Waals surface area contributed by atoms with Crippen LogP contribution in [0.1, 0.15) is 87.3 Å². The molecule has 10 bridgehead atoms. The van der Waals surface area contributed by atoms with Gasteiger partial charge in [-0.1, -0.05) is 82.5 Å². The molecule has 0 saturated heterocycles. The Morgan fingerprint density at radius 1 is 0.963 bits per heavy atom. The minimum Gasteiger partial charge on any atom is -0.469 e. The Hall–Kier alpha value is -5.84. The quantitative estimate of drug-likeness (QED) is 0.145. The maximum absolute atomic E-state index is 14.4. The maximum Gasteiger partial charge on any atom is 0.249 e. The van der Waals surface area contributed by atoms with Gasteiger partial charge in [0.15, 0.2) is 23.4 Å². The summed E-state index contributed by atoms with van der Waals surface area (Å²) in [5.74, 6) is 1.97. The van der Waals surface area contributed by atoms with Crippen molar-refractivity contribution in [1.29, 1.82) is 0 Å². The highest BCUT2D eigenvalue weighted by Crippen LogP contribution is 2.61. The van der Waals surface area contributed by atoms with Crippen LogP contribution in [0.4, 0.5) is 5.69 Å². The highest BCUT2D eigenvalue weighted by Gasteiger charge is 2.61. The van der Waals surface area contributed by atoms with E-state index in [1.54, 1.807) is 6.20 Å². The number of aromatic nitrogens is 3. The Morgan fingerprint density at radius 3 is 2.65 bits per heavy atom. The third kappa shape index (κ3) is 4.23. The van der Waals surface area contributed by atoms with E-state index in [1.165, 1.54) is 0 Å². The zero-order valence-electron chi connectivity index (χ0n) is 30.3. The molecule has 1 saturated carbocycles. The third-order valence-corrected chi connectivity index (χ3v) is 12.6. The van der Waals surface area contributed by atoms with Gasteiger partial charge in [-0.2, -0.15) is 0 Å². The number of fused-ring (bicyclic) bond motifs is 7. The number of benzene rings is 3. The van der Waals surface area contributed by atoms with Gasteiger partial charge in [-0.15, -0.1) is 0 Å². The van der Waals surface area contributed by atoms with Crippen molar-refractivity contribution < 1.29 is 23.2 Å². The molecule has 4 aliphatic heterocycles. The second-order valence-corrected chi connectivity index (χ2v) is 16.3. The van der Waals surface area contributed by atoms with Gasteiger partial charge in [-0.25, -0.2) is 9.97 Å². The van der Waals surface area contributed by atoms with Crippen molar-refractivity contribution >= 4 is 28.4 Å². The van der Waals surface area contributed by atoms with Gasteiger partial charge >= 0.3 is 0 Å². The van der Waals surface area contributed by atoms with Gasteiger partial charge in [0.05, 0.1) is 6.20 Å². The van der Waals surface area contributed by atoms with E-state index in [0.717, 1.165) is 82.1 Å². The molecule has 5 aliphatic rings. The number of hydrogen-bond donors (Lipinski definition) is 4. The number of H-pyrrole nitrogens is 1. The summed E-state index contributed by atoms with van der Waals surface area (Å²) in [5.41, 5.74) is 6.52. The van der Waals surface area contributed by atoms with Crippen LogP contribution in [0.25, 0.3) is 44.9 Å². The number of hydrogen-bond acceptors (Lipinski definition) is 8. The van der Waals surface area contributed by atoms with Crippen LogP contribution in [-0.4, -0.2) is 39.0 Å². The largest absolute Gasteiger partial charge is 0.469 e. The first-order valence-electron chi connectivity index (χ1n) is 19.1. The molecular weight excluding hydrogens is 681 g/mol. The van der Waals surface area contributed by atoms with Crippen molar-refractivity contribution in [1.82, 2.24) is 25.6 Å². The minimum atomic E-state index is -1.01. The first kappa shape index (κ1) is 31.7. The van der Waals surface area contributed by atoms with Crippen LogP contribution >= 0.6 is 0 Å². The number of para-hydroxylation sites is 1. The van der Waals surface area contributed by atoms with Crippen molar-refractivity contribution in [2.24, 2.45) is 11.3 Å². The Bertz CT molecular complexity index is 2560. The van der Waals surface area contributed by atoms with Gasteiger partial charge in [0.25, 0.3) is 0 Å². The summed E-state index contributed by atoms with van der Waals surface area (Å²) in [6, 6.07) is 17.2. The molecule has 3 aromatic carbocycles. The van der Waals surface area contributed by atoms with Crippen LogP contribution in [0.3, 0.4) is 0 Å². The van der Waals surface area contributed by atoms with E-state index >= 15 is 0 Å². The Kier molecular flexibility index (Phi) is 6.51. The fourth-order valence-electron chi connectivity index (χ4n) is 9.75. The monoisotopic (exact) mass is 720 g/mol. The lowest BCUT2D eigenvalue weighted by atomic mass is 9.72. The van der Waals surface area contributed by atoms with Gasteiger partial charge in [0.2, 0.25) is 23.6 Å². The van der Waals surface area contributed by atoms with E-state index in [2.05, 4.69) is 63.4 Å². The molecule has 2 amide bonds. The van der Waals surface area contributed by atoms with E-state index in [9.17, 15) is 9.59 Å². The zero-order valence-corrected chi connectivity index (χ0v) is 30.3. The molecule has 11 rings (SSSR count). The summed E-state index contributed by atoms with van der Waals surface area (Å²) in [5, 5.41) is 11.3. The number of carbonyl (C=O) groups excluding carboxylic acids is 2.